The smallest absolute Gasteiger partial charge is 0.0323 e. The van der Waals surface area contributed by atoms with Gasteiger partial charge in [0.25, 0.3) is 0 Å². The fraction of sp³-hybridized carbons (Fsp3) is 0.429. The minimum Gasteiger partial charge on any atom is -0.310 e. The Morgan fingerprint density at radius 3 is 2.52 bits per heavy atom. The number of aryl methyl sites for hydroxylation is 2. The van der Waals surface area contributed by atoms with Crippen molar-refractivity contribution in [2.24, 2.45) is 0 Å². The van der Waals surface area contributed by atoms with Crippen LogP contribution in [-0.2, 0) is 12.8 Å². The maximum atomic E-state index is 3.78. The number of unbranched alkanes of at least 4 members (excludes halogenated alkanes) is 2. The number of fused-ring (bicyclic) bond motifs is 1. The summed E-state index contributed by atoms with van der Waals surface area (Å²) in [5, 5.41) is 3.78. The molecule has 2 heteroatoms. The molecule has 1 aliphatic carbocycles. The van der Waals surface area contributed by atoms with Crippen molar-refractivity contribution in [3.05, 3.63) is 71.3 Å². The van der Waals surface area contributed by atoms with Crippen LogP contribution in [0.25, 0.3) is 0 Å². The number of benzene rings is 2. The number of rotatable bonds is 7. The van der Waals surface area contributed by atoms with E-state index in [1.54, 1.807) is 5.56 Å². The standard InChI is InChI=1S/C21H27N.ClH/c1-3-10-18(11-4-1)12-5-2-8-17-22-21-16-9-14-19-13-6-7-15-20(19)21;/h1,3-4,6-7,10-11,13,15,21-22H,2,5,8-9,12,14,16-17H2;1H. The number of hydrogen-bond acceptors (Lipinski definition) is 1. The first-order chi connectivity index (χ1) is 10.9. The van der Waals surface area contributed by atoms with Gasteiger partial charge in [0.2, 0.25) is 0 Å². The van der Waals surface area contributed by atoms with Crippen LogP contribution >= 0.6 is 12.4 Å². The molecule has 0 fully saturated rings. The summed E-state index contributed by atoms with van der Waals surface area (Å²) in [5.74, 6) is 0. The summed E-state index contributed by atoms with van der Waals surface area (Å²) < 4.78 is 0. The van der Waals surface area contributed by atoms with E-state index in [-0.39, 0.29) is 12.4 Å². The molecule has 3 rings (SSSR count). The van der Waals surface area contributed by atoms with E-state index in [1.165, 1.54) is 56.1 Å². The van der Waals surface area contributed by atoms with Crippen LogP contribution < -0.4 is 5.32 Å². The van der Waals surface area contributed by atoms with E-state index in [0.717, 1.165) is 6.54 Å². The first-order valence-electron chi connectivity index (χ1n) is 8.78. The molecule has 1 unspecified atom stereocenters. The Hall–Kier alpha value is -1.31. The van der Waals surface area contributed by atoms with Gasteiger partial charge in [-0.1, -0.05) is 61.0 Å². The highest BCUT2D eigenvalue weighted by Crippen LogP contribution is 2.29. The molecule has 0 aliphatic heterocycles. The molecule has 0 amide bonds. The van der Waals surface area contributed by atoms with Gasteiger partial charge in [0, 0.05) is 6.04 Å². The van der Waals surface area contributed by atoms with Crippen LogP contribution in [0.15, 0.2) is 54.6 Å². The quantitative estimate of drug-likeness (QED) is 0.662. The lowest BCUT2D eigenvalue weighted by Crippen LogP contribution is -2.26. The van der Waals surface area contributed by atoms with Crippen molar-refractivity contribution in [3.8, 4) is 0 Å². The average Bonchev–Trinajstić information content (AvgIpc) is 2.59. The summed E-state index contributed by atoms with van der Waals surface area (Å²) in [6, 6.07) is 20.4. The molecule has 23 heavy (non-hydrogen) atoms. The lowest BCUT2D eigenvalue weighted by atomic mass is 9.88. The van der Waals surface area contributed by atoms with E-state index in [9.17, 15) is 0 Å². The molecule has 0 saturated carbocycles. The molecule has 1 nitrogen and oxygen atoms in total. The van der Waals surface area contributed by atoms with Crippen LogP contribution in [0.5, 0.6) is 0 Å². The van der Waals surface area contributed by atoms with E-state index in [1.807, 2.05) is 0 Å². The molecule has 0 bridgehead atoms. The summed E-state index contributed by atoms with van der Waals surface area (Å²) in [5.41, 5.74) is 4.56. The van der Waals surface area contributed by atoms with Gasteiger partial charge in [0.15, 0.2) is 0 Å². The fourth-order valence-electron chi connectivity index (χ4n) is 3.52. The highest BCUT2D eigenvalue weighted by Gasteiger charge is 2.18. The van der Waals surface area contributed by atoms with Crippen LogP contribution in [-0.4, -0.2) is 6.54 Å². The largest absolute Gasteiger partial charge is 0.310 e. The second kappa shape index (κ2) is 9.75. The third-order valence-corrected chi connectivity index (χ3v) is 4.75. The third kappa shape index (κ3) is 5.37. The Bertz CT molecular complexity index is 567. The number of halogens is 1. The third-order valence-electron chi connectivity index (χ3n) is 4.75. The zero-order valence-electron chi connectivity index (χ0n) is 13.8. The molecule has 2 aromatic carbocycles. The van der Waals surface area contributed by atoms with Crippen molar-refractivity contribution in [1.82, 2.24) is 5.32 Å². The van der Waals surface area contributed by atoms with Gasteiger partial charge in [0.05, 0.1) is 0 Å². The second-order valence-electron chi connectivity index (χ2n) is 6.39. The van der Waals surface area contributed by atoms with Crippen LogP contribution in [0.4, 0.5) is 0 Å². The van der Waals surface area contributed by atoms with Gasteiger partial charge in [-0.2, -0.15) is 0 Å². The zero-order chi connectivity index (χ0) is 15.0. The highest BCUT2D eigenvalue weighted by molar-refractivity contribution is 5.85. The van der Waals surface area contributed by atoms with Gasteiger partial charge in [-0.3, -0.25) is 0 Å². The zero-order valence-corrected chi connectivity index (χ0v) is 14.7. The SMILES string of the molecule is Cl.c1ccc(CCCCCNC2CCCc3ccccc32)cc1. The summed E-state index contributed by atoms with van der Waals surface area (Å²) in [6.45, 7) is 1.15. The Balaban J connectivity index is 0.00000192. The lowest BCUT2D eigenvalue weighted by Gasteiger charge is -2.26. The van der Waals surface area contributed by atoms with Crippen LogP contribution in [0, 0.1) is 0 Å². The molecule has 124 valence electrons. The van der Waals surface area contributed by atoms with Crippen LogP contribution in [0.3, 0.4) is 0 Å². The second-order valence-corrected chi connectivity index (χ2v) is 6.39. The van der Waals surface area contributed by atoms with E-state index < -0.39 is 0 Å². The maximum Gasteiger partial charge on any atom is 0.0323 e. The molecule has 1 atom stereocenters. The van der Waals surface area contributed by atoms with Gasteiger partial charge in [-0.15, -0.1) is 12.4 Å². The highest BCUT2D eigenvalue weighted by atomic mass is 35.5. The maximum absolute atomic E-state index is 3.78. The van der Waals surface area contributed by atoms with Crippen molar-refractivity contribution >= 4 is 12.4 Å². The number of hydrogen-bond donors (Lipinski definition) is 1. The first-order valence-corrected chi connectivity index (χ1v) is 8.78. The topological polar surface area (TPSA) is 12.0 Å². The molecule has 0 radical (unpaired) electrons. The fourth-order valence-corrected chi connectivity index (χ4v) is 3.52. The van der Waals surface area contributed by atoms with E-state index in [4.69, 9.17) is 0 Å². The first kappa shape index (κ1) is 18.0. The van der Waals surface area contributed by atoms with Crippen LogP contribution in [0.1, 0.15) is 54.8 Å². The van der Waals surface area contributed by atoms with Gasteiger partial charge >= 0.3 is 0 Å². The molecular formula is C21H28ClN. The average molecular weight is 330 g/mol. The summed E-state index contributed by atoms with van der Waals surface area (Å²) in [6.07, 6.45) is 8.98. The van der Waals surface area contributed by atoms with Gasteiger partial charge in [-0.05, 0) is 61.8 Å². The molecule has 1 N–H and O–H groups in total. The van der Waals surface area contributed by atoms with Gasteiger partial charge in [0.1, 0.15) is 0 Å². The summed E-state index contributed by atoms with van der Waals surface area (Å²) in [7, 11) is 0. The minimum atomic E-state index is 0. The Morgan fingerprint density at radius 1 is 0.870 bits per heavy atom. The van der Waals surface area contributed by atoms with E-state index >= 15 is 0 Å². The van der Waals surface area contributed by atoms with Crippen molar-refractivity contribution in [3.63, 3.8) is 0 Å². The molecule has 0 saturated heterocycles. The van der Waals surface area contributed by atoms with Crippen LogP contribution in [0.2, 0.25) is 0 Å². The minimum absolute atomic E-state index is 0. The molecular weight excluding hydrogens is 302 g/mol. The molecule has 0 heterocycles. The lowest BCUT2D eigenvalue weighted by molar-refractivity contribution is 0.450. The van der Waals surface area contributed by atoms with Crippen molar-refractivity contribution in [1.29, 1.82) is 0 Å². The predicted octanol–water partition coefficient (Wildman–Crippen LogP) is 5.49. The normalized spacial score (nSPS) is 16.4. The Kier molecular flexibility index (Phi) is 7.64. The molecule has 0 aromatic heterocycles. The van der Waals surface area contributed by atoms with Gasteiger partial charge in [-0.25, -0.2) is 0 Å². The predicted molar refractivity (Wildman–Crippen MR) is 101 cm³/mol. The van der Waals surface area contributed by atoms with E-state index in [2.05, 4.69) is 59.9 Å². The number of nitrogens with one attached hydrogen (secondary N) is 1. The summed E-state index contributed by atoms with van der Waals surface area (Å²) in [4.78, 5) is 0. The van der Waals surface area contributed by atoms with Crippen molar-refractivity contribution in [2.45, 2.75) is 51.0 Å². The molecule has 1 aliphatic rings. The van der Waals surface area contributed by atoms with Crippen molar-refractivity contribution in [2.75, 3.05) is 6.54 Å². The molecule has 2 aromatic rings. The Morgan fingerprint density at radius 2 is 1.65 bits per heavy atom. The van der Waals surface area contributed by atoms with Gasteiger partial charge < -0.3 is 5.32 Å². The monoisotopic (exact) mass is 329 g/mol. The van der Waals surface area contributed by atoms with Crippen molar-refractivity contribution < 1.29 is 0 Å². The Labute approximate surface area is 146 Å². The molecule has 0 spiro atoms. The summed E-state index contributed by atoms with van der Waals surface area (Å²) >= 11 is 0. The van der Waals surface area contributed by atoms with E-state index in [0.29, 0.717) is 6.04 Å².